The molecule has 3 aromatic heterocycles. The van der Waals surface area contributed by atoms with Gasteiger partial charge in [0, 0.05) is 94.7 Å². The van der Waals surface area contributed by atoms with Gasteiger partial charge in [-0.2, -0.15) is 4.98 Å². The number of rotatable bonds is 8. The molecule has 56 heavy (non-hydrogen) atoms. The third kappa shape index (κ3) is 5.69. The third-order valence-corrected chi connectivity index (χ3v) is 12.9. The molecule has 7 heterocycles. The first kappa shape index (κ1) is 34.9. The molecule has 1 spiro atoms. The average molecular weight is 758 g/mol. The first-order chi connectivity index (χ1) is 27.2. The molecule has 1 atom stereocenters. The molecule has 4 aromatic rings. The summed E-state index contributed by atoms with van der Waals surface area (Å²) in [5.41, 5.74) is 4.97. The Morgan fingerprint density at radius 1 is 0.893 bits per heavy atom. The number of amides is 4. The predicted octanol–water partition coefficient (Wildman–Crippen LogP) is 3.58. The van der Waals surface area contributed by atoms with Crippen molar-refractivity contribution in [3.63, 3.8) is 0 Å². The monoisotopic (exact) mass is 757 g/mol. The van der Waals surface area contributed by atoms with E-state index in [9.17, 15) is 19.2 Å². The molecule has 0 unspecified atom stereocenters. The Labute approximate surface area is 325 Å². The number of carbonyl (C=O) groups is 4. The summed E-state index contributed by atoms with van der Waals surface area (Å²) in [6, 6.07) is 12.1. The maximum absolute atomic E-state index is 13.9. The summed E-state index contributed by atoms with van der Waals surface area (Å²) in [4.78, 5) is 76.4. The summed E-state index contributed by atoms with van der Waals surface area (Å²) in [6.45, 7) is 5.49. The van der Waals surface area contributed by atoms with E-state index in [1.807, 2.05) is 30.5 Å². The van der Waals surface area contributed by atoms with Crippen LogP contribution < -0.4 is 25.3 Å². The number of hydrogen-bond donors (Lipinski definition) is 2. The number of imide groups is 1. The lowest BCUT2D eigenvalue weighted by atomic mass is 9.93. The molecule has 10 rings (SSSR count). The van der Waals surface area contributed by atoms with E-state index in [2.05, 4.69) is 47.0 Å². The van der Waals surface area contributed by atoms with Crippen molar-refractivity contribution in [2.75, 3.05) is 73.4 Å². The Kier molecular flexibility index (Phi) is 8.27. The van der Waals surface area contributed by atoms with Gasteiger partial charge < -0.3 is 24.6 Å². The van der Waals surface area contributed by atoms with Crippen molar-refractivity contribution >= 4 is 63.5 Å². The molecule has 0 bridgehead atoms. The van der Waals surface area contributed by atoms with Crippen molar-refractivity contribution in [3.05, 3.63) is 60.0 Å². The fourth-order valence-corrected chi connectivity index (χ4v) is 9.74. The molecular formula is C41H47N11O4. The molecule has 0 radical (unpaired) electrons. The Hall–Kier alpha value is -5.57. The van der Waals surface area contributed by atoms with E-state index in [1.165, 1.54) is 0 Å². The van der Waals surface area contributed by atoms with Crippen LogP contribution in [0.1, 0.15) is 73.5 Å². The van der Waals surface area contributed by atoms with Gasteiger partial charge in [-0.05, 0) is 62.4 Å². The molecule has 2 N–H and O–H groups in total. The Bertz CT molecular complexity index is 2250. The quantitative estimate of drug-likeness (QED) is 0.254. The number of nitrogens with one attached hydrogen (secondary N) is 2. The molecule has 1 aromatic carbocycles. The van der Waals surface area contributed by atoms with Crippen molar-refractivity contribution in [3.8, 4) is 0 Å². The highest BCUT2D eigenvalue weighted by Crippen LogP contribution is 2.61. The maximum atomic E-state index is 13.9. The number of carbonyl (C=O) groups excluding carboxylic acids is 4. The second-order valence-electron chi connectivity index (χ2n) is 16.5. The van der Waals surface area contributed by atoms with Gasteiger partial charge in [0.25, 0.3) is 5.91 Å². The Balaban J connectivity index is 0.771. The number of anilines is 5. The number of pyridine rings is 1. The Morgan fingerprint density at radius 3 is 2.36 bits per heavy atom. The van der Waals surface area contributed by atoms with Crippen molar-refractivity contribution in [1.29, 1.82) is 0 Å². The lowest BCUT2D eigenvalue weighted by molar-refractivity contribution is -0.135. The van der Waals surface area contributed by atoms with Gasteiger partial charge in [-0.1, -0.05) is 18.9 Å². The van der Waals surface area contributed by atoms with Gasteiger partial charge in [0.05, 0.1) is 23.0 Å². The average Bonchev–Trinajstić information content (AvgIpc) is 3.51. The number of piperidine rings is 1. The zero-order chi connectivity index (χ0) is 38.3. The molecule has 2 saturated carbocycles. The highest BCUT2D eigenvalue weighted by Gasteiger charge is 2.62. The highest BCUT2D eigenvalue weighted by molar-refractivity contribution is 6.16. The lowest BCUT2D eigenvalue weighted by Crippen LogP contribution is -2.63. The van der Waals surface area contributed by atoms with Crippen LogP contribution in [0.15, 0.2) is 48.8 Å². The summed E-state index contributed by atoms with van der Waals surface area (Å²) < 4.78 is 2.12. The molecule has 2 aliphatic carbocycles. The van der Waals surface area contributed by atoms with E-state index in [4.69, 9.17) is 9.97 Å². The molecule has 4 amide bonds. The predicted molar refractivity (Wildman–Crippen MR) is 211 cm³/mol. The standard InChI is InChI=1S/C41H47N11O4/c1-47(2)38(55)32-20-25-21-43-40(46-36(25)51(32)26-6-3-4-7-26)44-33-12-10-27(22-42-33)48-16-18-49(19-17-48)28-23-50(24-28)29-8-5-9-30-35(29)41(14-15-41)39(56)52(30)31-11-13-34(53)45-37(31)54/h5,8-10,12,20-22,26,28,31H,3-4,6-7,11,13-19,23-24H2,1-2H3,(H,45,53,54)(H,42,43,44,46)/t31-/m0/s1. The van der Waals surface area contributed by atoms with E-state index < -0.39 is 11.5 Å². The van der Waals surface area contributed by atoms with Crippen molar-refractivity contribution in [2.24, 2.45) is 0 Å². The van der Waals surface area contributed by atoms with Crippen LogP contribution >= 0.6 is 0 Å². The number of aromatic nitrogens is 4. The van der Waals surface area contributed by atoms with Crippen LogP contribution in [0.5, 0.6) is 0 Å². The molecule has 15 heteroatoms. The summed E-state index contributed by atoms with van der Waals surface area (Å²) in [5.74, 6) is 0.440. The minimum Gasteiger partial charge on any atom is -0.368 e. The van der Waals surface area contributed by atoms with Gasteiger partial charge in [0.2, 0.25) is 23.7 Å². The maximum Gasteiger partial charge on any atom is 0.270 e. The molecule has 4 aliphatic heterocycles. The van der Waals surface area contributed by atoms with Crippen LogP contribution in [0.4, 0.5) is 28.8 Å². The normalized spacial score (nSPS) is 22.5. The van der Waals surface area contributed by atoms with Gasteiger partial charge in [0.15, 0.2) is 0 Å². The fourth-order valence-electron chi connectivity index (χ4n) is 9.74. The molecule has 290 valence electrons. The summed E-state index contributed by atoms with van der Waals surface area (Å²) in [5, 5.41) is 6.58. The van der Waals surface area contributed by atoms with Crippen LogP contribution in [-0.4, -0.2) is 118 Å². The molecular weight excluding hydrogens is 711 g/mol. The van der Waals surface area contributed by atoms with Crippen LogP contribution in [0.3, 0.4) is 0 Å². The SMILES string of the molecule is CN(C)C(=O)c1cc2cnc(Nc3ccc(N4CCN(C5CN(c6cccc7c6C6(CC6)C(=O)N7[C@H]6CCC(=O)NC6=O)C5)CC4)cn3)nc2n1C1CCCC1. The first-order valence-electron chi connectivity index (χ1n) is 20.1. The summed E-state index contributed by atoms with van der Waals surface area (Å²) in [6.07, 6.45) is 10.3. The zero-order valence-corrected chi connectivity index (χ0v) is 31.9. The lowest BCUT2D eigenvalue weighted by Gasteiger charge is -2.50. The second kappa shape index (κ2) is 13.3. The van der Waals surface area contributed by atoms with Gasteiger partial charge in [-0.3, -0.25) is 34.3 Å². The summed E-state index contributed by atoms with van der Waals surface area (Å²) in [7, 11) is 3.56. The van der Waals surface area contributed by atoms with Crippen molar-refractivity contribution < 1.29 is 19.2 Å². The largest absolute Gasteiger partial charge is 0.368 e. The van der Waals surface area contributed by atoms with Gasteiger partial charge in [0.1, 0.15) is 23.2 Å². The van der Waals surface area contributed by atoms with E-state index in [0.717, 1.165) is 111 Å². The van der Waals surface area contributed by atoms with E-state index in [0.29, 0.717) is 29.9 Å². The topological polar surface area (TPSA) is 152 Å². The number of fused-ring (bicyclic) bond motifs is 3. The van der Waals surface area contributed by atoms with Crippen LogP contribution in [0, 0.1) is 0 Å². The third-order valence-electron chi connectivity index (χ3n) is 12.9. The number of benzene rings is 1. The minimum atomic E-state index is -0.642. The second-order valence-corrected chi connectivity index (χ2v) is 16.5. The van der Waals surface area contributed by atoms with Gasteiger partial charge >= 0.3 is 0 Å². The van der Waals surface area contributed by atoms with Crippen LogP contribution in [0.2, 0.25) is 0 Å². The van der Waals surface area contributed by atoms with E-state index in [1.54, 1.807) is 30.1 Å². The zero-order valence-electron chi connectivity index (χ0n) is 31.9. The molecule has 3 saturated heterocycles. The number of piperazine rings is 1. The minimum absolute atomic E-state index is 0.00829. The Morgan fingerprint density at radius 2 is 1.66 bits per heavy atom. The number of nitrogens with zero attached hydrogens (tertiary/aromatic N) is 9. The van der Waals surface area contributed by atoms with E-state index >= 15 is 0 Å². The van der Waals surface area contributed by atoms with Crippen LogP contribution in [-0.2, 0) is 19.8 Å². The van der Waals surface area contributed by atoms with E-state index in [-0.39, 0.29) is 36.1 Å². The summed E-state index contributed by atoms with van der Waals surface area (Å²) >= 11 is 0. The van der Waals surface area contributed by atoms with Gasteiger partial charge in [-0.25, -0.2) is 9.97 Å². The van der Waals surface area contributed by atoms with Crippen molar-refractivity contribution in [2.45, 2.75) is 74.9 Å². The van der Waals surface area contributed by atoms with Crippen molar-refractivity contribution in [1.82, 2.24) is 34.6 Å². The molecule has 5 fully saturated rings. The number of hydrogen-bond acceptors (Lipinski definition) is 11. The molecule has 6 aliphatic rings. The first-order valence-corrected chi connectivity index (χ1v) is 20.1. The van der Waals surface area contributed by atoms with Gasteiger partial charge in [-0.15, -0.1) is 0 Å². The fraction of sp³-hybridized carbons (Fsp3) is 0.488. The highest BCUT2D eigenvalue weighted by atomic mass is 16.2. The van der Waals surface area contributed by atoms with Crippen LogP contribution in [0.25, 0.3) is 11.0 Å². The smallest absolute Gasteiger partial charge is 0.270 e. The molecule has 15 nitrogen and oxygen atoms in total.